The van der Waals surface area contributed by atoms with Crippen LogP contribution in [-0.2, 0) is 0 Å². The van der Waals surface area contributed by atoms with E-state index < -0.39 is 0 Å². The topological polar surface area (TPSA) is 64.8 Å². The highest BCUT2D eigenvalue weighted by Gasteiger charge is 2.23. The van der Waals surface area contributed by atoms with E-state index in [4.69, 9.17) is 5.26 Å². The molecule has 1 aromatic heterocycles. The molecule has 0 radical (unpaired) electrons. The lowest BCUT2D eigenvalue weighted by Gasteiger charge is -2.35. The van der Waals surface area contributed by atoms with Crippen molar-refractivity contribution in [3.63, 3.8) is 0 Å². The molecule has 5 nitrogen and oxygen atoms in total. The second kappa shape index (κ2) is 5.00. The highest BCUT2D eigenvalue weighted by Crippen LogP contribution is 2.27. The number of aromatic nitrogens is 2. The maximum absolute atomic E-state index is 8.54. The molecule has 1 aliphatic carbocycles. The Morgan fingerprint density at radius 2 is 2.29 bits per heavy atom. The standard InChI is InChI=1S/C12H17N5/c1-9-15-11(14-7-6-13)8-12(16-9)17(2)10-4-3-5-10/h8,10H,3-5,7H2,1-2H3,(H,14,15,16). The van der Waals surface area contributed by atoms with E-state index in [1.165, 1.54) is 19.3 Å². The molecule has 0 spiro atoms. The molecule has 0 bridgehead atoms. The Bertz CT molecular complexity index is 433. The predicted octanol–water partition coefficient (Wildman–Crippen LogP) is 1.71. The van der Waals surface area contributed by atoms with E-state index in [0.717, 1.165) is 17.5 Å². The van der Waals surface area contributed by atoms with Crippen LogP contribution < -0.4 is 10.2 Å². The van der Waals surface area contributed by atoms with E-state index in [9.17, 15) is 0 Å². The summed E-state index contributed by atoms with van der Waals surface area (Å²) in [6, 6.07) is 4.55. The van der Waals surface area contributed by atoms with Gasteiger partial charge in [-0.05, 0) is 26.2 Å². The second-order valence-corrected chi connectivity index (χ2v) is 4.37. The molecule has 17 heavy (non-hydrogen) atoms. The summed E-state index contributed by atoms with van der Waals surface area (Å²) in [5, 5.41) is 11.5. The van der Waals surface area contributed by atoms with Gasteiger partial charge >= 0.3 is 0 Å². The first-order chi connectivity index (χ1) is 8.20. The number of hydrogen-bond acceptors (Lipinski definition) is 5. The van der Waals surface area contributed by atoms with Crippen LogP contribution in [-0.4, -0.2) is 29.6 Å². The van der Waals surface area contributed by atoms with Crippen LogP contribution in [0.2, 0.25) is 0 Å². The molecule has 5 heteroatoms. The van der Waals surface area contributed by atoms with Gasteiger partial charge in [-0.15, -0.1) is 0 Å². The molecular weight excluding hydrogens is 214 g/mol. The van der Waals surface area contributed by atoms with Gasteiger partial charge < -0.3 is 10.2 Å². The third-order valence-electron chi connectivity index (χ3n) is 3.16. The van der Waals surface area contributed by atoms with Gasteiger partial charge in [-0.1, -0.05) is 0 Å². The lowest BCUT2D eigenvalue weighted by Crippen LogP contribution is -2.37. The van der Waals surface area contributed by atoms with Crippen molar-refractivity contribution in [3.05, 3.63) is 11.9 Å². The fraction of sp³-hybridized carbons (Fsp3) is 0.583. The van der Waals surface area contributed by atoms with Gasteiger partial charge in [0.25, 0.3) is 0 Å². The van der Waals surface area contributed by atoms with Gasteiger partial charge in [0.05, 0.1) is 6.07 Å². The highest BCUT2D eigenvalue weighted by atomic mass is 15.2. The summed E-state index contributed by atoms with van der Waals surface area (Å²) in [4.78, 5) is 10.9. The normalized spacial score (nSPS) is 14.9. The summed E-state index contributed by atoms with van der Waals surface area (Å²) < 4.78 is 0. The summed E-state index contributed by atoms with van der Waals surface area (Å²) in [6.07, 6.45) is 3.78. The van der Waals surface area contributed by atoms with E-state index in [0.29, 0.717) is 6.04 Å². The van der Waals surface area contributed by atoms with Gasteiger partial charge in [0.1, 0.15) is 24.0 Å². The van der Waals surface area contributed by atoms with Crippen molar-refractivity contribution in [2.75, 3.05) is 23.8 Å². The molecule has 1 aliphatic rings. The number of aryl methyl sites for hydroxylation is 1. The first kappa shape index (κ1) is 11.6. The predicted molar refractivity (Wildman–Crippen MR) is 66.9 cm³/mol. The Morgan fingerprint density at radius 1 is 1.53 bits per heavy atom. The molecular formula is C12H17N5. The van der Waals surface area contributed by atoms with E-state index in [-0.39, 0.29) is 6.54 Å². The molecule has 2 rings (SSSR count). The number of hydrogen-bond donors (Lipinski definition) is 1. The number of nitriles is 1. The number of nitrogens with one attached hydrogen (secondary N) is 1. The summed E-state index contributed by atoms with van der Waals surface area (Å²) in [6.45, 7) is 2.14. The van der Waals surface area contributed by atoms with Crippen LogP contribution in [0, 0.1) is 18.3 Å². The fourth-order valence-corrected chi connectivity index (χ4v) is 1.91. The molecule has 0 unspecified atom stereocenters. The number of nitrogens with zero attached hydrogens (tertiary/aromatic N) is 4. The Kier molecular flexibility index (Phi) is 3.43. The lowest BCUT2D eigenvalue weighted by atomic mass is 9.92. The quantitative estimate of drug-likeness (QED) is 0.799. The summed E-state index contributed by atoms with van der Waals surface area (Å²) >= 11 is 0. The van der Waals surface area contributed by atoms with Crippen molar-refractivity contribution in [3.8, 4) is 6.07 Å². The van der Waals surface area contributed by atoms with Crippen molar-refractivity contribution < 1.29 is 0 Å². The Hall–Kier alpha value is -1.83. The smallest absolute Gasteiger partial charge is 0.134 e. The fourth-order valence-electron chi connectivity index (χ4n) is 1.91. The first-order valence-corrected chi connectivity index (χ1v) is 5.90. The van der Waals surface area contributed by atoms with Gasteiger partial charge in [0, 0.05) is 19.2 Å². The van der Waals surface area contributed by atoms with Crippen molar-refractivity contribution in [2.24, 2.45) is 0 Å². The zero-order valence-electron chi connectivity index (χ0n) is 10.3. The Labute approximate surface area is 101 Å². The Morgan fingerprint density at radius 3 is 2.88 bits per heavy atom. The van der Waals surface area contributed by atoms with Gasteiger partial charge in [-0.2, -0.15) is 5.26 Å². The number of rotatable bonds is 4. The molecule has 1 fully saturated rings. The molecule has 90 valence electrons. The van der Waals surface area contributed by atoms with Crippen molar-refractivity contribution in [1.29, 1.82) is 5.26 Å². The zero-order chi connectivity index (χ0) is 12.3. The molecule has 0 amide bonds. The summed E-state index contributed by atoms with van der Waals surface area (Å²) in [7, 11) is 2.07. The van der Waals surface area contributed by atoms with Crippen molar-refractivity contribution in [1.82, 2.24) is 9.97 Å². The average molecular weight is 231 g/mol. The van der Waals surface area contributed by atoms with Gasteiger partial charge in [-0.25, -0.2) is 9.97 Å². The minimum atomic E-state index is 0.267. The van der Waals surface area contributed by atoms with E-state index >= 15 is 0 Å². The highest BCUT2D eigenvalue weighted by molar-refractivity contribution is 5.50. The van der Waals surface area contributed by atoms with Crippen molar-refractivity contribution >= 4 is 11.6 Å². The molecule has 0 aliphatic heterocycles. The molecule has 0 aromatic carbocycles. The molecule has 0 saturated heterocycles. The SMILES string of the molecule is Cc1nc(NCC#N)cc(N(C)C2CCC2)n1. The van der Waals surface area contributed by atoms with Crippen molar-refractivity contribution in [2.45, 2.75) is 32.2 Å². The summed E-state index contributed by atoms with van der Waals surface area (Å²) in [5.74, 6) is 2.39. The largest absolute Gasteiger partial charge is 0.357 e. The van der Waals surface area contributed by atoms with Gasteiger partial charge in [-0.3, -0.25) is 0 Å². The van der Waals surface area contributed by atoms with E-state index in [2.05, 4.69) is 27.2 Å². The van der Waals surface area contributed by atoms with Gasteiger partial charge in [0.15, 0.2) is 0 Å². The molecule has 1 aromatic rings. The maximum Gasteiger partial charge on any atom is 0.134 e. The molecule has 1 heterocycles. The molecule has 0 atom stereocenters. The minimum Gasteiger partial charge on any atom is -0.357 e. The monoisotopic (exact) mass is 231 g/mol. The van der Waals surface area contributed by atoms with Crippen LogP contribution >= 0.6 is 0 Å². The second-order valence-electron chi connectivity index (χ2n) is 4.37. The third-order valence-corrected chi connectivity index (χ3v) is 3.16. The number of anilines is 2. The van der Waals surface area contributed by atoms with Gasteiger partial charge in [0.2, 0.25) is 0 Å². The Balaban J connectivity index is 2.15. The minimum absolute atomic E-state index is 0.267. The van der Waals surface area contributed by atoms with E-state index in [1.807, 2.05) is 19.1 Å². The van der Waals surface area contributed by atoms with Crippen LogP contribution in [0.25, 0.3) is 0 Å². The summed E-state index contributed by atoms with van der Waals surface area (Å²) in [5.41, 5.74) is 0. The van der Waals surface area contributed by atoms with Crippen LogP contribution in [0.15, 0.2) is 6.07 Å². The molecule has 1 saturated carbocycles. The van der Waals surface area contributed by atoms with Crippen LogP contribution in [0.5, 0.6) is 0 Å². The van der Waals surface area contributed by atoms with Crippen LogP contribution in [0.3, 0.4) is 0 Å². The molecule has 1 N–H and O–H groups in total. The zero-order valence-corrected chi connectivity index (χ0v) is 10.3. The van der Waals surface area contributed by atoms with E-state index in [1.54, 1.807) is 0 Å². The lowest BCUT2D eigenvalue weighted by molar-refractivity contribution is 0.399. The first-order valence-electron chi connectivity index (χ1n) is 5.90. The van der Waals surface area contributed by atoms with Crippen LogP contribution in [0.4, 0.5) is 11.6 Å². The van der Waals surface area contributed by atoms with Crippen LogP contribution in [0.1, 0.15) is 25.1 Å². The average Bonchev–Trinajstić information content (AvgIpc) is 2.23. The third kappa shape index (κ3) is 2.64. The maximum atomic E-state index is 8.54.